The Labute approximate surface area is 246 Å². The van der Waals surface area contributed by atoms with Crippen LogP contribution in [0.1, 0.15) is 29.5 Å². The molecule has 0 saturated carbocycles. The number of rotatable bonds is 8. The number of anilines is 1. The van der Waals surface area contributed by atoms with E-state index in [9.17, 15) is 31.5 Å². The van der Waals surface area contributed by atoms with Gasteiger partial charge in [0, 0.05) is 37.1 Å². The molecule has 13 heteroatoms. The quantitative estimate of drug-likeness (QED) is 0.368. The zero-order valence-corrected chi connectivity index (χ0v) is 24.6. The molecule has 42 heavy (non-hydrogen) atoms. The van der Waals surface area contributed by atoms with Gasteiger partial charge in [-0.15, -0.1) is 11.3 Å². The van der Waals surface area contributed by atoms with E-state index in [1.54, 1.807) is 17.5 Å². The summed E-state index contributed by atoms with van der Waals surface area (Å²) >= 11 is 1.10. The molecule has 0 amide bonds. The number of aryl methyl sites for hydroxylation is 1. The van der Waals surface area contributed by atoms with E-state index in [4.69, 9.17) is 4.74 Å². The molecule has 0 bridgehead atoms. The summed E-state index contributed by atoms with van der Waals surface area (Å²) in [5.41, 5.74) is 4.24. The van der Waals surface area contributed by atoms with Crippen molar-refractivity contribution >= 4 is 32.3 Å². The molecule has 2 saturated heterocycles. The number of hydrogen-bond acceptors (Lipinski definition) is 8. The highest BCUT2D eigenvalue weighted by Crippen LogP contribution is 2.40. The molecule has 2 atom stereocenters. The molecule has 0 spiro atoms. The molecule has 2 fully saturated rings. The van der Waals surface area contributed by atoms with Crippen molar-refractivity contribution in [3.05, 3.63) is 64.5 Å². The number of alkyl halides is 3. The van der Waals surface area contributed by atoms with Crippen LogP contribution in [0, 0.1) is 12.8 Å². The number of piperidine rings is 1. The van der Waals surface area contributed by atoms with Crippen LogP contribution in [0.15, 0.2) is 47.8 Å². The number of sulfone groups is 1. The number of nitrogens with zero attached hydrogens (tertiary/aromatic N) is 3. The molecule has 8 nitrogen and oxygen atoms in total. The fourth-order valence-electron chi connectivity index (χ4n) is 5.39. The molecule has 1 N–H and O–H groups in total. The van der Waals surface area contributed by atoms with Crippen molar-refractivity contribution in [3.8, 4) is 17.0 Å². The van der Waals surface area contributed by atoms with E-state index in [0.717, 1.165) is 28.0 Å². The summed E-state index contributed by atoms with van der Waals surface area (Å²) < 4.78 is 71.2. The third kappa shape index (κ3) is 7.07. The Kier molecular flexibility index (Phi) is 8.81. The van der Waals surface area contributed by atoms with Crippen molar-refractivity contribution in [1.29, 1.82) is 0 Å². The van der Waals surface area contributed by atoms with E-state index in [2.05, 4.69) is 16.0 Å². The summed E-state index contributed by atoms with van der Waals surface area (Å²) in [4.78, 5) is 19.2. The zero-order valence-electron chi connectivity index (χ0n) is 23.0. The second-order valence-corrected chi connectivity index (χ2v) is 13.9. The van der Waals surface area contributed by atoms with Crippen molar-refractivity contribution in [2.75, 3.05) is 36.0 Å². The predicted octanol–water partition coefficient (Wildman–Crippen LogP) is 5.16. The molecule has 2 unspecified atom stereocenters. The SMILES string of the molecule is Cc1cc(CN2CCS(=O)(=O)CC2)ccc1COc1ccccc1-c1csc(N2CCC(C(=O)O)CC2C(F)(F)F)n1. The monoisotopic (exact) mass is 623 g/mol. The van der Waals surface area contributed by atoms with Crippen molar-refractivity contribution in [2.24, 2.45) is 5.92 Å². The van der Waals surface area contributed by atoms with Gasteiger partial charge >= 0.3 is 12.1 Å². The Bertz CT molecular complexity index is 1530. The minimum absolute atomic E-state index is 0.0433. The van der Waals surface area contributed by atoms with Gasteiger partial charge in [0.15, 0.2) is 15.0 Å². The Morgan fingerprint density at radius 3 is 2.57 bits per heavy atom. The number of halogens is 3. The summed E-state index contributed by atoms with van der Waals surface area (Å²) in [5, 5.41) is 11.2. The van der Waals surface area contributed by atoms with Crippen LogP contribution >= 0.6 is 11.3 Å². The van der Waals surface area contributed by atoms with Crippen molar-refractivity contribution in [2.45, 2.75) is 45.1 Å². The van der Waals surface area contributed by atoms with Crippen LogP contribution in [0.2, 0.25) is 0 Å². The van der Waals surface area contributed by atoms with Gasteiger partial charge in [-0.3, -0.25) is 9.69 Å². The third-order valence-electron chi connectivity index (χ3n) is 7.86. The van der Waals surface area contributed by atoms with E-state index in [1.165, 1.54) is 4.90 Å². The molecule has 2 aromatic carbocycles. The van der Waals surface area contributed by atoms with Crippen LogP contribution in [0.5, 0.6) is 5.75 Å². The summed E-state index contributed by atoms with van der Waals surface area (Å²) in [6, 6.07) is 11.4. The van der Waals surface area contributed by atoms with E-state index in [1.807, 2.05) is 31.2 Å². The predicted molar refractivity (Wildman–Crippen MR) is 155 cm³/mol. The van der Waals surface area contributed by atoms with Crippen LogP contribution in [0.25, 0.3) is 11.3 Å². The average molecular weight is 624 g/mol. The molecule has 2 aliphatic heterocycles. The maximum absolute atomic E-state index is 13.9. The number of aromatic nitrogens is 1. The summed E-state index contributed by atoms with van der Waals surface area (Å²) in [7, 11) is -2.93. The first-order chi connectivity index (χ1) is 19.9. The van der Waals surface area contributed by atoms with Crippen LogP contribution < -0.4 is 9.64 Å². The highest BCUT2D eigenvalue weighted by atomic mass is 32.2. The number of benzene rings is 2. The Morgan fingerprint density at radius 2 is 1.88 bits per heavy atom. The summed E-state index contributed by atoms with van der Waals surface area (Å²) in [5.74, 6) is -1.33. The van der Waals surface area contributed by atoms with Gasteiger partial charge in [0.2, 0.25) is 0 Å². The molecule has 5 rings (SSSR count). The summed E-state index contributed by atoms with van der Waals surface area (Å²) in [6.45, 7) is 3.96. The second kappa shape index (κ2) is 12.2. The van der Waals surface area contributed by atoms with Gasteiger partial charge in [0.25, 0.3) is 0 Å². The lowest BCUT2D eigenvalue weighted by molar-refractivity contribution is -0.161. The molecule has 226 valence electrons. The lowest BCUT2D eigenvalue weighted by Crippen LogP contribution is -2.52. The molecule has 3 heterocycles. The van der Waals surface area contributed by atoms with Crippen LogP contribution in [0.4, 0.5) is 18.3 Å². The van der Waals surface area contributed by atoms with Crippen molar-refractivity contribution in [3.63, 3.8) is 0 Å². The van der Waals surface area contributed by atoms with Gasteiger partial charge < -0.3 is 14.7 Å². The Morgan fingerprint density at radius 1 is 1.14 bits per heavy atom. The molecular formula is C29H32F3N3O5S2. The minimum atomic E-state index is -4.58. The van der Waals surface area contributed by atoms with Gasteiger partial charge in [0.05, 0.1) is 23.1 Å². The molecule has 3 aromatic rings. The molecular weight excluding hydrogens is 591 g/mol. The van der Waals surface area contributed by atoms with Crippen molar-refractivity contribution in [1.82, 2.24) is 9.88 Å². The fraction of sp³-hybridized carbons (Fsp3) is 0.448. The van der Waals surface area contributed by atoms with E-state index in [-0.39, 0.29) is 36.2 Å². The second-order valence-electron chi connectivity index (χ2n) is 10.8. The third-order valence-corrected chi connectivity index (χ3v) is 10.4. The number of carboxylic acid groups (broad SMARTS) is 1. The van der Waals surface area contributed by atoms with E-state index in [0.29, 0.717) is 36.6 Å². The number of ether oxygens (including phenoxy) is 1. The first-order valence-electron chi connectivity index (χ1n) is 13.6. The van der Waals surface area contributed by atoms with Gasteiger partial charge in [-0.25, -0.2) is 13.4 Å². The topological polar surface area (TPSA) is 100 Å². The maximum atomic E-state index is 13.9. The number of aliphatic carboxylic acids is 1. The molecule has 0 radical (unpaired) electrons. The average Bonchev–Trinajstić information content (AvgIpc) is 3.43. The summed E-state index contributed by atoms with van der Waals surface area (Å²) in [6.07, 6.45) is -4.97. The van der Waals surface area contributed by atoms with Crippen LogP contribution in [0.3, 0.4) is 0 Å². The van der Waals surface area contributed by atoms with Gasteiger partial charge in [-0.2, -0.15) is 13.2 Å². The van der Waals surface area contributed by atoms with E-state index < -0.39 is 40.4 Å². The standard InChI is InChI=1S/C29H32F3N3O5S2/c1-19-14-20(16-34-10-12-42(38,39)13-11-34)6-7-22(19)17-40-25-5-3-2-4-23(25)24-18-41-28(33-24)35-9-8-21(27(36)37)15-26(35)29(30,31)32/h2-7,14,18,21,26H,8-13,15-17H2,1H3,(H,36,37). The minimum Gasteiger partial charge on any atom is -0.488 e. The Balaban J connectivity index is 1.27. The largest absolute Gasteiger partial charge is 0.488 e. The zero-order chi connectivity index (χ0) is 30.1. The lowest BCUT2D eigenvalue weighted by atomic mass is 9.91. The molecule has 1 aromatic heterocycles. The smallest absolute Gasteiger partial charge is 0.408 e. The van der Waals surface area contributed by atoms with Gasteiger partial charge in [0.1, 0.15) is 18.4 Å². The first-order valence-corrected chi connectivity index (χ1v) is 16.3. The van der Waals surface area contributed by atoms with Crippen LogP contribution in [-0.2, 0) is 27.8 Å². The van der Waals surface area contributed by atoms with Gasteiger partial charge in [-0.05, 0) is 48.6 Å². The highest BCUT2D eigenvalue weighted by molar-refractivity contribution is 7.91. The van der Waals surface area contributed by atoms with Crippen LogP contribution in [-0.4, -0.2) is 72.7 Å². The van der Waals surface area contributed by atoms with Crippen molar-refractivity contribution < 1.29 is 36.2 Å². The van der Waals surface area contributed by atoms with E-state index >= 15 is 0 Å². The maximum Gasteiger partial charge on any atom is 0.408 e. The highest BCUT2D eigenvalue weighted by Gasteiger charge is 2.49. The lowest BCUT2D eigenvalue weighted by Gasteiger charge is -2.38. The first kappa shape index (κ1) is 30.3. The Hall–Kier alpha value is -3.16. The molecule has 2 aliphatic rings. The number of carboxylic acids is 1. The number of carbonyl (C=O) groups is 1. The number of thiazole rings is 1. The van der Waals surface area contributed by atoms with Gasteiger partial charge in [-0.1, -0.05) is 30.3 Å². The molecule has 0 aliphatic carbocycles. The number of para-hydroxylation sites is 1. The fourth-order valence-corrected chi connectivity index (χ4v) is 7.57. The normalized spacial score (nSPS) is 21.3. The number of hydrogen-bond donors (Lipinski definition) is 1.